The molecule has 1 aliphatic carbocycles. The van der Waals surface area contributed by atoms with Crippen molar-refractivity contribution in [1.82, 2.24) is 21.1 Å². The number of hydrogen-bond donors (Lipinski definition) is 3. The van der Waals surface area contributed by atoms with Crippen LogP contribution in [0.4, 0.5) is 5.69 Å². The average Bonchev–Trinajstić information content (AvgIpc) is 3.29. The zero-order valence-corrected chi connectivity index (χ0v) is 21.8. The first-order chi connectivity index (χ1) is 17.5. The first-order valence-electron chi connectivity index (χ1n) is 13.0. The summed E-state index contributed by atoms with van der Waals surface area (Å²) in [5.74, 6) is 0.297. The molecule has 1 aliphatic heterocycles. The van der Waals surface area contributed by atoms with Crippen molar-refractivity contribution in [2.24, 2.45) is 5.92 Å². The second-order valence-electron chi connectivity index (χ2n) is 10.1. The van der Waals surface area contributed by atoms with E-state index in [0.29, 0.717) is 31.3 Å². The molecule has 8 nitrogen and oxygen atoms in total. The Balaban J connectivity index is 1.17. The number of fused-ring (bicyclic) bond motifs is 1. The van der Waals surface area contributed by atoms with Crippen molar-refractivity contribution in [2.45, 2.75) is 44.2 Å². The van der Waals surface area contributed by atoms with Gasteiger partial charge in [0.15, 0.2) is 0 Å². The number of benzene rings is 2. The summed E-state index contributed by atoms with van der Waals surface area (Å²) in [5, 5.41) is 3.18. The molecule has 0 spiro atoms. The van der Waals surface area contributed by atoms with Gasteiger partial charge in [0.25, 0.3) is 5.91 Å². The Labute approximate surface area is 215 Å². The van der Waals surface area contributed by atoms with Crippen LogP contribution in [0.25, 0.3) is 0 Å². The van der Waals surface area contributed by atoms with Crippen LogP contribution in [0, 0.1) is 5.92 Å². The lowest BCUT2D eigenvalue weighted by Gasteiger charge is -2.32. The highest BCUT2D eigenvalue weighted by Crippen LogP contribution is 2.31. The van der Waals surface area contributed by atoms with Gasteiger partial charge in [0.05, 0.1) is 32.1 Å². The minimum Gasteiger partial charge on any atom is -0.376 e. The molecule has 196 valence electrons. The van der Waals surface area contributed by atoms with Gasteiger partial charge >= 0.3 is 0 Å². The third-order valence-electron chi connectivity index (χ3n) is 7.14. The summed E-state index contributed by atoms with van der Waals surface area (Å²) in [7, 11) is 6.21. The van der Waals surface area contributed by atoms with Crippen molar-refractivity contribution >= 4 is 11.6 Å². The molecule has 4 atom stereocenters. The SMILES string of the molecule is CN(C)CCN(C)c1ccc(C(=O)NC2NNC3CC(OCCOCc4ccccc4)CCC32)cc1. The first kappa shape index (κ1) is 26.6. The molecule has 2 fully saturated rings. The molecule has 4 unspecified atom stereocenters. The van der Waals surface area contributed by atoms with Crippen LogP contribution in [0.15, 0.2) is 54.6 Å². The maximum absolute atomic E-state index is 12.9. The molecule has 1 heterocycles. The molecule has 2 aromatic rings. The highest BCUT2D eigenvalue weighted by molar-refractivity contribution is 5.94. The monoisotopic (exact) mass is 495 g/mol. The number of amides is 1. The summed E-state index contributed by atoms with van der Waals surface area (Å²) in [5.41, 5.74) is 9.64. The molecular weight excluding hydrogens is 454 g/mol. The fourth-order valence-corrected chi connectivity index (χ4v) is 4.93. The van der Waals surface area contributed by atoms with Crippen LogP contribution in [0.1, 0.15) is 35.2 Å². The number of ether oxygens (including phenoxy) is 2. The predicted octanol–water partition coefficient (Wildman–Crippen LogP) is 2.62. The van der Waals surface area contributed by atoms with E-state index < -0.39 is 0 Å². The summed E-state index contributed by atoms with van der Waals surface area (Å²) in [4.78, 5) is 17.3. The normalized spacial score (nSPS) is 23.4. The van der Waals surface area contributed by atoms with E-state index in [-0.39, 0.29) is 24.2 Å². The lowest BCUT2D eigenvalue weighted by Crippen LogP contribution is -2.47. The summed E-state index contributed by atoms with van der Waals surface area (Å²) in [6, 6.07) is 18.3. The van der Waals surface area contributed by atoms with Crippen LogP contribution in [-0.4, -0.2) is 76.6 Å². The molecule has 1 amide bonds. The smallest absolute Gasteiger partial charge is 0.252 e. The van der Waals surface area contributed by atoms with Gasteiger partial charge in [0.2, 0.25) is 0 Å². The highest BCUT2D eigenvalue weighted by atomic mass is 16.5. The number of hydrazine groups is 1. The second-order valence-corrected chi connectivity index (χ2v) is 10.1. The van der Waals surface area contributed by atoms with Gasteiger partial charge in [-0.2, -0.15) is 0 Å². The maximum Gasteiger partial charge on any atom is 0.252 e. The van der Waals surface area contributed by atoms with Gasteiger partial charge in [-0.05, 0) is 63.2 Å². The van der Waals surface area contributed by atoms with Gasteiger partial charge in [-0.25, -0.2) is 5.43 Å². The molecule has 0 bridgehead atoms. The van der Waals surface area contributed by atoms with Crippen LogP contribution in [-0.2, 0) is 16.1 Å². The van der Waals surface area contributed by atoms with E-state index >= 15 is 0 Å². The summed E-state index contributed by atoms with van der Waals surface area (Å²) in [6.45, 7) is 3.72. The summed E-state index contributed by atoms with van der Waals surface area (Å²) < 4.78 is 11.8. The molecule has 4 rings (SSSR count). The van der Waals surface area contributed by atoms with Gasteiger partial charge in [-0.15, -0.1) is 0 Å². The Morgan fingerprint density at radius 3 is 2.50 bits per heavy atom. The number of nitrogens with one attached hydrogen (secondary N) is 3. The number of hydrogen-bond acceptors (Lipinski definition) is 7. The quantitative estimate of drug-likeness (QED) is 0.391. The molecule has 2 aliphatic rings. The molecule has 8 heteroatoms. The maximum atomic E-state index is 12.9. The van der Waals surface area contributed by atoms with E-state index in [2.05, 4.69) is 59.2 Å². The standard InChI is InChI=1S/C28H41N5O3/c1-32(2)15-16-33(3)23-11-9-22(10-12-23)28(34)29-27-25-14-13-24(19-26(25)30-31-27)36-18-17-35-20-21-7-5-4-6-8-21/h4-12,24-27,30-31H,13-20H2,1-3H3,(H,29,34). The fraction of sp³-hybridized carbons (Fsp3) is 0.536. The number of rotatable bonds is 12. The molecule has 0 aromatic heterocycles. The summed E-state index contributed by atoms with van der Waals surface area (Å²) >= 11 is 0. The lowest BCUT2D eigenvalue weighted by atomic mass is 9.82. The van der Waals surface area contributed by atoms with Crippen molar-refractivity contribution in [3.05, 3.63) is 65.7 Å². The van der Waals surface area contributed by atoms with Gasteiger partial charge in [0.1, 0.15) is 0 Å². The number of anilines is 1. The van der Waals surface area contributed by atoms with Crippen LogP contribution in [0.2, 0.25) is 0 Å². The average molecular weight is 496 g/mol. The Morgan fingerprint density at radius 2 is 1.75 bits per heavy atom. The van der Waals surface area contributed by atoms with Crippen molar-refractivity contribution < 1.29 is 14.3 Å². The molecule has 1 saturated heterocycles. The summed E-state index contributed by atoms with van der Waals surface area (Å²) in [6.07, 6.45) is 3.05. The number of nitrogens with zero attached hydrogens (tertiary/aromatic N) is 2. The minimum absolute atomic E-state index is 0.0496. The molecule has 0 radical (unpaired) electrons. The van der Waals surface area contributed by atoms with Crippen LogP contribution in [0.3, 0.4) is 0 Å². The zero-order valence-electron chi connectivity index (χ0n) is 21.8. The van der Waals surface area contributed by atoms with E-state index in [1.807, 2.05) is 42.5 Å². The minimum atomic E-state index is -0.0832. The van der Waals surface area contributed by atoms with E-state index in [0.717, 1.165) is 38.0 Å². The molecule has 1 saturated carbocycles. The Morgan fingerprint density at radius 1 is 0.972 bits per heavy atom. The molecule has 3 N–H and O–H groups in total. The Hall–Kier alpha value is -2.49. The van der Waals surface area contributed by atoms with E-state index in [1.54, 1.807) is 0 Å². The van der Waals surface area contributed by atoms with E-state index in [4.69, 9.17) is 9.47 Å². The van der Waals surface area contributed by atoms with Crippen LogP contribution < -0.4 is 21.1 Å². The van der Waals surface area contributed by atoms with Crippen LogP contribution >= 0.6 is 0 Å². The van der Waals surface area contributed by atoms with Crippen molar-refractivity contribution in [3.63, 3.8) is 0 Å². The molecule has 2 aromatic carbocycles. The first-order valence-corrected chi connectivity index (χ1v) is 13.0. The highest BCUT2D eigenvalue weighted by Gasteiger charge is 2.41. The molecule has 36 heavy (non-hydrogen) atoms. The predicted molar refractivity (Wildman–Crippen MR) is 143 cm³/mol. The van der Waals surface area contributed by atoms with Crippen LogP contribution in [0.5, 0.6) is 0 Å². The molecular formula is C28H41N5O3. The topological polar surface area (TPSA) is 78.1 Å². The van der Waals surface area contributed by atoms with Gasteiger partial charge in [-0.1, -0.05) is 30.3 Å². The van der Waals surface area contributed by atoms with Crippen molar-refractivity contribution in [1.29, 1.82) is 0 Å². The number of carbonyl (C=O) groups is 1. The number of likely N-dealkylation sites (N-methyl/N-ethyl adjacent to an activating group) is 2. The van der Waals surface area contributed by atoms with E-state index in [1.165, 1.54) is 5.56 Å². The zero-order chi connectivity index (χ0) is 25.3. The van der Waals surface area contributed by atoms with Crippen molar-refractivity contribution in [2.75, 3.05) is 52.3 Å². The second kappa shape index (κ2) is 13.2. The third-order valence-corrected chi connectivity index (χ3v) is 7.14. The third kappa shape index (κ3) is 7.51. The van der Waals surface area contributed by atoms with Gasteiger partial charge in [-0.3, -0.25) is 10.2 Å². The fourth-order valence-electron chi connectivity index (χ4n) is 4.93. The Kier molecular flexibility index (Phi) is 9.72. The van der Waals surface area contributed by atoms with Crippen molar-refractivity contribution in [3.8, 4) is 0 Å². The lowest BCUT2D eigenvalue weighted by molar-refractivity contribution is -0.0239. The number of carbonyl (C=O) groups excluding carboxylic acids is 1. The van der Waals surface area contributed by atoms with Gasteiger partial charge in [0, 0.05) is 43.3 Å². The van der Waals surface area contributed by atoms with Gasteiger partial charge < -0.3 is 24.6 Å². The largest absolute Gasteiger partial charge is 0.376 e. The Bertz CT molecular complexity index is 940. The van der Waals surface area contributed by atoms with E-state index in [9.17, 15) is 4.79 Å².